The van der Waals surface area contributed by atoms with Gasteiger partial charge in [0.05, 0.1) is 29.1 Å². The molecule has 156 valence electrons. The maximum atomic E-state index is 14.6. The van der Waals surface area contributed by atoms with Gasteiger partial charge >= 0.3 is 0 Å². The van der Waals surface area contributed by atoms with Gasteiger partial charge in [0, 0.05) is 19.3 Å². The summed E-state index contributed by atoms with van der Waals surface area (Å²) in [7, 11) is 0. The van der Waals surface area contributed by atoms with Crippen LogP contribution in [-0.4, -0.2) is 33.2 Å². The molecule has 1 aromatic heterocycles. The molecular weight excluding hydrogens is 399 g/mol. The van der Waals surface area contributed by atoms with E-state index >= 15 is 0 Å². The van der Waals surface area contributed by atoms with E-state index in [1.807, 2.05) is 12.1 Å². The number of rotatable bonds is 3. The van der Waals surface area contributed by atoms with Crippen molar-refractivity contribution in [3.8, 4) is 0 Å². The third-order valence-corrected chi connectivity index (χ3v) is 5.60. The van der Waals surface area contributed by atoms with Gasteiger partial charge in [-0.2, -0.15) is 0 Å². The molecule has 2 N–H and O–H groups in total. The molecule has 0 radical (unpaired) electrons. The van der Waals surface area contributed by atoms with Crippen LogP contribution in [-0.2, 0) is 19.6 Å². The molecule has 3 heterocycles. The Balaban J connectivity index is 1.41. The van der Waals surface area contributed by atoms with Crippen molar-refractivity contribution >= 4 is 17.5 Å². The van der Waals surface area contributed by atoms with Crippen molar-refractivity contribution < 1.29 is 19.1 Å². The summed E-state index contributed by atoms with van der Waals surface area (Å²) in [6, 6.07) is 15.0. The Kier molecular flexibility index (Phi) is 4.63. The van der Waals surface area contributed by atoms with Crippen LogP contribution in [0, 0.1) is 5.82 Å². The van der Waals surface area contributed by atoms with Crippen LogP contribution in [0.3, 0.4) is 0 Å². The van der Waals surface area contributed by atoms with Crippen molar-refractivity contribution in [3.63, 3.8) is 0 Å². The Labute approximate surface area is 177 Å². The van der Waals surface area contributed by atoms with Gasteiger partial charge in [-0.05, 0) is 41.5 Å². The Morgan fingerprint density at radius 1 is 1.16 bits per heavy atom. The molecule has 2 aliphatic heterocycles. The summed E-state index contributed by atoms with van der Waals surface area (Å²) >= 11 is 0. The van der Waals surface area contributed by atoms with Crippen LogP contribution in [0.5, 0.6) is 0 Å². The van der Waals surface area contributed by atoms with Crippen LogP contribution >= 0.6 is 0 Å². The third kappa shape index (κ3) is 3.40. The minimum atomic E-state index is -1.23. The number of nitrogens with one attached hydrogen (secondary N) is 1. The minimum absolute atomic E-state index is 0.0332. The molecule has 1 unspecified atom stereocenters. The van der Waals surface area contributed by atoms with Gasteiger partial charge in [0.2, 0.25) is 6.35 Å². The fourth-order valence-corrected chi connectivity index (χ4v) is 4.04. The molecule has 7 nitrogen and oxygen atoms in total. The molecule has 2 amide bonds. The number of amides is 2. The lowest BCUT2D eigenvalue weighted by molar-refractivity contribution is 0.0736. The number of para-hydroxylation sites is 1. The molecule has 2 aliphatic rings. The van der Waals surface area contributed by atoms with E-state index in [9.17, 15) is 19.1 Å². The molecule has 3 aromatic rings. The highest BCUT2D eigenvalue weighted by Crippen LogP contribution is 2.28. The SMILES string of the molecule is O=C1NC(O)N(Cc2ccc(F)c(C(=O)N3Cc4cccnc4C3)c2)c2ccccc21. The molecule has 0 bridgehead atoms. The monoisotopic (exact) mass is 418 g/mol. The summed E-state index contributed by atoms with van der Waals surface area (Å²) in [6.45, 7) is 0.902. The number of hydrogen-bond donors (Lipinski definition) is 2. The lowest BCUT2D eigenvalue weighted by atomic mass is 10.1. The predicted molar refractivity (Wildman–Crippen MR) is 110 cm³/mol. The number of carbonyl (C=O) groups excluding carboxylic acids is 2. The van der Waals surface area contributed by atoms with E-state index in [0.29, 0.717) is 29.9 Å². The van der Waals surface area contributed by atoms with E-state index in [0.717, 1.165) is 11.3 Å². The van der Waals surface area contributed by atoms with Gasteiger partial charge in [0.1, 0.15) is 5.82 Å². The highest BCUT2D eigenvalue weighted by molar-refractivity contribution is 6.01. The normalized spacial score (nSPS) is 17.2. The molecule has 5 rings (SSSR count). The zero-order valence-electron chi connectivity index (χ0n) is 16.5. The van der Waals surface area contributed by atoms with Crippen LogP contribution in [0.2, 0.25) is 0 Å². The number of fused-ring (bicyclic) bond motifs is 2. The molecule has 0 spiro atoms. The number of carbonyl (C=O) groups is 2. The van der Waals surface area contributed by atoms with Gasteiger partial charge < -0.3 is 20.2 Å². The first-order valence-corrected chi connectivity index (χ1v) is 9.86. The maximum absolute atomic E-state index is 14.6. The van der Waals surface area contributed by atoms with Crippen LogP contribution < -0.4 is 10.2 Å². The topological polar surface area (TPSA) is 85.8 Å². The quantitative estimate of drug-likeness (QED) is 0.682. The lowest BCUT2D eigenvalue weighted by Gasteiger charge is -2.35. The van der Waals surface area contributed by atoms with Crippen molar-refractivity contribution in [1.82, 2.24) is 15.2 Å². The predicted octanol–water partition coefficient (Wildman–Crippen LogP) is 2.40. The zero-order chi connectivity index (χ0) is 21.5. The second-order valence-electron chi connectivity index (χ2n) is 7.58. The molecule has 0 fully saturated rings. The lowest BCUT2D eigenvalue weighted by Crippen LogP contribution is -2.52. The van der Waals surface area contributed by atoms with Crippen molar-refractivity contribution in [2.45, 2.75) is 26.0 Å². The molecule has 1 atom stereocenters. The Morgan fingerprint density at radius 3 is 2.84 bits per heavy atom. The van der Waals surface area contributed by atoms with E-state index < -0.39 is 18.1 Å². The van der Waals surface area contributed by atoms with Crippen LogP contribution in [0.1, 0.15) is 37.5 Å². The minimum Gasteiger partial charge on any atom is -0.356 e. The summed E-state index contributed by atoms with van der Waals surface area (Å²) in [5.41, 5.74) is 3.37. The largest absolute Gasteiger partial charge is 0.356 e. The van der Waals surface area contributed by atoms with E-state index in [2.05, 4.69) is 10.3 Å². The molecular formula is C23H19FN4O3. The Bertz CT molecular complexity index is 1170. The van der Waals surface area contributed by atoms with E-state index in [1.54, 1.807) is 46.3 Å². The number of halogens is 1. The van der Waals surface area contributed by atoms with Crippen molar-refractivity contribution in [1.29, 1.82) is 0 Å². The zero-order valence-corrected chi connectivity index (χ0v) is 16.5. The fourth-order valence-electron chi connectivity index (χ4n) is 4.04. The van der Waals surface area contributed by atoms with Gasteiger partial charge in [-0.1, -0.05) is 24.3 Å². The molecule has 8 heteroatoms. The van der Waals surface area contributed by atoms with E-state index in [1.165, 1.54) is 12.1 Å². The number of aliphatic hydroxyl groups excluding tert-OH is 1. The average molecular weight is 418 g/mol. The van der Waals surface area contributed by atoms with Crippen molar-refractivity contribution in [3.05, 3.63) is 94.6 Å². The van der Waals surface area contributed by atoms with Gasteiger partial charge in [0.15, 0.2) is 0 Å². The van der Waals surface area contributed by atoms with Crippen molar-refractivity contribution in [2.24, 2.45) is 0 Å². The van der Waals surface area contributed by atoms with Crippen LogP contribution in [0.25, 0.3) is 0 Å². The fraction of sp³-hybridized carbons (Fsp3) is 0.174. The number of hydrogen-bond acceptors (Lipinski definition) is 5. The summed E-state index contributed by atoms with van der Waals surface area (Å²) in [4.78, 5) is 32.6. The molecule has 2 aromatic carbocycles. The second kappa shape index (κ2) is 7.48. The number of benzene rings is 2. The van der Waals surface area contributed by atoms with E-state index in [-0.39, 0.29) is 18.0 Å². The van der Waals surface area contributed by atoms with Crippen LogP contribution in [0.15, 0.2) is 60.8 Å². The van der Waals surface area contributed by atoms with Gasteiger partial charge in [-0.25, -0.2) is 4.39 Å². The van der Waals surface area contributed by atoms with Crippen LogP contribution in [0.4, 0.5) is 10.1 Å². The second-order valence-corrected chi connectivity index (χ2v) is 7.58. The first-order chi connectivity index (χ1) is 15.0. The Hall–Kier alpha value is -3.78. The molecule has 31 heavy (non-hydrogen) atoms. The number of aromatic nitrogens is 1. The summed E-state index contributed by atoms with van der Waals surface area (Å²) in [6.07, 6.45) is 0.444. The van der Waals surface area contributed by atoms with Crippen molar-refractivity contribution in [2.75, 3.05) is 4.90 Å². The number of aliphatic hydroxyl groups is 1. The average Bonchev–Trinajstić information content (AvgIpc) is 3.21. The van der Waals surface area contributed by atoms with E-state index in [4.69, 9.17) is 0 Å². The molecule has 0 saturated heterocycles. The highest BCUT2D eigenvalue weighted by Gasteiger charge is 2.30. The first-order valence-electron chi connectivity index (χ1n) is 9.86. The molecule has 0 aliphatic carbocycles. The maximum Gasteiger partial charge on any atom is 0.257 e. The number of nitrogens with zero attached hydrogens (tertiary/aromatic N) is 3. The van der Waals surface area contributed by atoms with Gasteiger partial charge in [0.25, 0.3) is 11.8 Å². The third-order valence-electron chi connectivity index (χ3n) is 5.60. The highest BCUT2D eigenvalue weighted by atomic mass is 19.1. The summed E-state index contributed by atoms with van der Waals surface area (Å²) in [5, 5.41) is 12.9. The standard InChI is InChI=1S/C23H19FN4O3/c24-18-8-7-14(11-28-20-6-2-1-5-16(20)21(29)26-23(28)31)10-17(18)22(30)27-12-15-4-3-9-25-19(15)13-27/h1-10,23,31H,11-13H2,(H,26,29). The summed E-state index contributed by atoms with van der Waals surface area (Å²) < 4.78 is 14.6. The first kappa shape index (κ1) is 19.2. The van der Waals surface area contributed by atoms with Gasteiger partial charge in [-0.15, -0.1) is 0 Å². The number of anilines is 1. The summed E-state index contributed by atoms with van der Waals surface area (Å²) in [5.74, 6) is -1.38. The molecule has 0 saturated carbocycles. The Morgan fingerprint density at radius 2 is 2.00 bits per heavy atom. The van der Waals surface area contributed by atoms with Gasteiger partial charge in [-0.3, -0.25) is 14.6 Å². The number of pyridine rings is 1. The smallest absolute Gasteiger partial charge is 0.257 e.